The highest BCUT2D eigenvalue weighted by Gasteiger charge is 2.25. The summed E-state index contributed by atoms with van der Waals surface area (Å²) in [5.74, 6) is 0. The van der Waals surface area contributed by atoms with Gasteiger partial charge in [-0.1, -0.05) is 15.9 Å². The van der Waals surface area contributed by atoms with Gasteiger partial charge >= 0.3 is 10.2 Å². The molecule has 0 aromatic heterocycles. The van der Waals surface area contributed by atoms with Gasteiger partial charge in [-0.15, -0.1) is 0 Å². The van der Waals surface area contributed by atoms with Gasteiger partial charge in [0.05, 0.1) is 11.4 Å². The molecule has 1 aromatic carbocycles. The third-order valence-corrected chi connectivity index (χ3v) is 4.67. The fourth-order valence-electron chi connectivity index (χ4n) is 1.76. The molecule has 0 atom stereocenters. The lowest BCUT2D eigenvalue weighted by Gasteiger charge is -2.17. The first-order chi connectivity index (χ1) is 7.99. The fourth-order valence-corrected chi connectivity index (χ4v) is 3.47. The lowest BCUT2D eigenvalue weighted by molar-refractivity contribution is 0.482. The van der Waals surface area contributed by atoms with E-state index in [1.165, 1.54) is 4.31 Å². The minimum atomic E-state index is -3.46. The van der Waals surface area contributed by atoms with Crippen LogP contribution >= 0.6 is 15.9 Å². The van der Waals surface area contributed by atoms with E-state index in [-0.39, 0.29) is 0 Å². The fraction of sp³-hybridized carbons (Fsp3) is 0.400. The zero-order valence-electron chi connectivity index (χ0n) is 9.19. The third kappa shape index (κ3) is 2.91. The summed E-state index contributed by atoms with van der Waals surface area (Å²) in [4.78, 5) is 0. The highest BCUT2D eigenvalue weighted by Crippen LogP contribution is 2.25. The second kappa shape index (κ2) is 4.83. The van der Waals surface area contributed by atoms with Gasteiger partial charge < -0.3 is 5.73 Å². The summed E-state index contributed by atoms with van der Waals surface area (Å²) >= 11 is 3.27. The van der Waals surface area contributed by atoms with Crippen LogP contribution in [0.3, 0.4) is 0 Å². The largest absolute Gasteiger partial charge is 0.397 e. The van der Waals surface area contributed by atoms with E-state index in [9.17, 15) is 8.42 Å². The molecular formula is C10H14BrN3O2S. The van der Waals surface area contributed by atoms with E-state index in [2.05, 4.69) is 20.7 Å². The predicted octanol–water partition coefficient (Wildman–Crippen LogP) is 1.78. The van der Waals surface area contributed by atoms with Gasteiger partial charge in [0.15, 0.2) is 0 Å². The summed E-state index contributed by atoms with van der Waals surface area (Å²) in [5, 5.41) is 0. The van der Waals surface area contributed by atoms with E-state index in [1.807, 2.05) is 0 Å². The number of hydrogen-bond acceptors (Lipinski definition) is 3. The Labute approximate surface area is 109 Å². The number of rotatable bonds is 3. The number of benzene rings is 1. The number of nitrogens with two attached hydrogens (primary N) is 1. The van der Waals surface area contributed by atoms with Crippen molar-refractivity contribution < 1.29 is 8.42 Å². The minimum absolute atomic E-state index is 0.405. The van der Waals surface area contributed by atoms with E-state index in [1.54, 1.807) is 18.2 Å². The smallest absolute Gasteiger partial charge is 0.301 e. The highest BCUT2D eigenvalue weighted by atomic mass is 79.9. The quantitative estimate of drug-likeness (QED) is 0.834. The first-order valence-corrected chi connectivity index (χ1v) is 7.55. The second-order valence-corrected chi connectivity index (χ2v) is 6.53. The average Bonchev–Trinajstić information content (AvgIpc) is 2.76. The van der Waals surface area contributed by atoms with E-state index in [4.69, 9.17) is 5.73 Å². The van der Waals surface area contributed by atoms with E-state index < -0.39 is 10.2 Å². The standard InChI is InChI=1S/C10H14BrN3O2S/c11-8-3-4-10(9(12)7-8)13-17(15,16)14-5-1-2-6-14/h3-4,7,13H,1-2,5-6,12H2. The number of nitrogens with zero attached hydrogens (tertiary/aromatic N) is 1. The topological polar surface area (TPSA) is 75.4 Å². The zero-order chi connectivity index (χ0) is 12.5. The molecule has 1 fully saturated rings. The van der Waals surface area contributed by atoms with Gasteiger partial charge in [0.25, 0.3) is 0 Å². The molecule has 17 heavy (non-hydrogen) atoms. The average molecular weight is 320 g/mol. The molecule has 2 rings (SSSR count). The first-order valence-electron chi connectivity index (χ1n) is 5.32. The molecule has 1 saturated heterocycles. The molecule has 0 spiro atoms. The van der Waals surface area contributed by atoms with Crippen LogP contribution in [-0.2, 0) is 10.2 Å². The normalized spacial score (nSPS) is 17.2. The first kappa shape index (κ1) is 12.7. The van der Waals surface area contributed by atoms with E-state index in [0.29, 0.717) is 24.5 Å². The number of nitrogen functional groups attached to an aromatic ring is 1. The van der Waals surface area contributed by atoms with Crippen LogP contribution in [-0.4, -0.2) is 25.8 Å². The Morgan fingerprint density at radius 2 is 1.94 bits per heavy atom. The van der Waals surface area contributed by atoms with Crippen molar-refractivity contribution >= 4 is 37.5 Å². The molecule has 0 bridgehead atoms. The molecule has 7 heteroatoms. The molecule has 3 N–H and O–H groups in total. The maximum atomic E-state index is 12.0. The van der Waals surface area contributed by atoms with E-state index in [0.717, 1.165) is 17.3 Å². The summed E-state index contributed by atoms with van der Waals surface area (Å²) in [6, 6.07) is 5.06. The summed E-state index contributed by atoms with van der Waals surface area (Å²) in [5.41, 5.74) is 6.57. The lowest BCUT2D eigenvalue weighted by Crippen LogP contribution is -2.33. The molecule has 1 heterocycles. The Hall–Kier alpha value is -0.790. The van der Waals surface area contributed by atoms with Crippen molar-refractivity contribution in [3.05, 3.63) is 22.7 Å². The van der Waals surface area contributed by atoms with Crippen LogP contribution in [0.15, 0.2) is 22.7 Å². The van der Waals surface area contributed by atoms with E-state index >= 15 is 0 Å². The summed E-state index contributed by atoms with van der Waals surface area (Å²) in [7, 11) is -3.46. The van der Waals surface area contributed by atoms with Crippen molar-refractivity contribution in [2.45, 2.75) is 12.8 Å². The summed E-state index contributed by atoms with van der Waals surface area (Å²) in [6.07, 6.45) is 1.83. The van der Waals surface area contributed by atoms with Crippen molar-refractivity contribution in [3.63, 3.8) is 0 Å². The van der Waals surface area contributed by atoms with Gasteiger partial charge in [-0.2, -0.15) is 12.7 Å². The number of nitrogens with one attached hydrogen (secondary N) is 1. The number of halogens is 1. The van der Waals surface area contributed by atoms with Crippen LogP contribution < -0.4 is 10.5 Å². The SMILES string of the molecule is Nc1cc(Br)ccc1NS(=O)(=O)N1CCCC1. The molecule has 94 valence electrons. The monoisotopic (exact) mass is 319 g/mol. The highest BCUT2D eigenvalue weighted by molar-refractivity contribution is 9.10. The molecule has 0 aliphatic carbocycles. The van der Waals surface area contributed by atoms with Crippen molar-refractivity contribution in [2.24, 2.45) is 0 Å². The van der Waals surface area contributed by atoms with Crippen LogP contribution in [0.4, 0.5) is 11.4 Å². The Morgan fingerprint density at radius 3 is 2.53 bits per heavy atom. The lowest BCUT2D eigenvalue weighted by atomic mass is 10.3. The molecule has 0 amide bonds. The van der Waals surface area contributed by atoms with Crippen LogP contribution in [0.2, 0.25) is 0 Å². The van der Waals surface area contributed by atoms with Crippen LogP contribution in [0, 0.1) is 0 Å². The Morgan fingerprint density at radius 1 is 1.29 bits per heavy atom. The molecule has 1 aliphatic rings. The van der Waals surface area contributed by atoms with Crippen LogP contribution in [0.1, 0.15) is 12.8 Å². The number of hydrogen-bond donors (Lipinski definition) is 2. The third-order valence-electron chi connectivity index (χ3n) is 2.66. The summed E-state index contributed by atoms with van der Waals surface area (Å²) in [6.45, 7) is 1.15. The second-order valence-electron chi connectivity index (χ2n) is 3.94. The molecular weight excluding hydrogens is 306 g/mol. The van der Waals surface area contributed by atoms with Crippen LogP contribution in [0.25, 0.3) is 0 Å². The molecule has 1 aromatic rings. The zero-order valence-corrected chi connectivity index (χ0v) is 11.6. The summed E-state index contributed by atoms with van der Waals surface area (Å²) < 4.78 is 28.7. The van der Waals surface area contributed by atoms with Crippen molar-refractivity contribution in [1.82, 2.24) is 4.31 Å². The Kier molecular flexibility index (Phi) is 3.60. The van der Waals surface area contributed by atoms with Crippen LogP contribution in [0.5, 0.6) is 0 Å². The maximum absolute atomic E-state index is 12.0. The molecule has 0 saturated carbocycles. The van der Waals surface area contributed by atoms with Crippen molar-refractivity contribution in [1.29, 1.82) is 0 Å². The van der Waals surface area contributed by atoms with Gasteiger partial charge in [0.1, 0.15) is 0 Å². The Balaban J connectivity index is 2.19. The van der Waals surface area contributed by atoms with Crippen molar-refractivity contribution in [2.75, 3.05) is 23.5 Å². The molecule has 0 radical (unpaired) electrons. The van der Waals surface area contributed by atoms with Gasteiger partial charge in [-0.25, -0.2) is 0 Å². The van der Waals surface area contributed by atoms with Gasteiger partial charge in [0, 0.05) is 17.6 Å². The molecule has 5 nitrogen and oxygen atoms in total. The van der Waals surface area contributed by atoms with Gasteiger partial charge in [-0.05, 0) is 31.0 Å². The molecule has 1 aliphatic heterocycles. The molecule has 0 unspecified atom stereocenters. The van der Waals surface area contributed by atoms with Gasteiger partial charge in [-0.3, -0.25) is 4.72 Å². The minimum Gasteiger partial charge on any atom is -0.397 e. The number of anilines is 2. The van der Waals surface area contributed by atoms with Crippen molar-refractivity contribution in [3.8, 4) is 0 Å². The predicted molar refractivity (Wildman–Crippen MR) is 71.9 cm³/mol. The van der Waals surface area contributed by atoms with Gasteiger partial charge in [0.2, 0.25) is 0 Å². The maximum Gasteiger partial charge on any atom is 0.301 e. The Bertz CT molecular complexity index is 512.